The van der Waals surface area contributed by atoms with Crippen LogP contribution in [0.15, 0.2) is 34.9 Å². The molecule has 35 heavy (non-hydrogen) atoms. The Morgan fingerprint density at radius 3 is 2.60 bits per heavy atom. The Morgan fingerprint density at radius 1 is 1.31 bits per heavy atom. The molecule has 1 aromatic heterocycles. The number of pyridine rings is 1. The first kappa shape index (κ1) is 25.9. The number of nitrogens with one attached hydrogen (secondary N) is 1. The lowest BCUT2D eigenvalue weighted by Crippen LogP contribution is -2.42. The van der Waals surface area contributed by atoms with Crippen molar-refractivity contribution in [2.24, 2.45) is 15.5 Å². The molecular formula is C26H36ClN5O2S. The summed E-state index contributed by atoms with van der Waals surface area (Å²) in [4.78, 5) is 2.52. The number of benzene rings is 1. The lowest BCUT2D eigenvalue weighted by molar-refractivity contribution is 0.0510. The number of aromatic nitrogens is 1. The summed E-state index contributed by atoms with van der Waals surface area (Å²) in [5.74, 6) is 1.23. The highest BCUT2D eigenvalue weighted by Crippen LogP contribution is 2.44. The Kier molecular flexibility index (Phi) is 7.74. The van der Waals surface area contributed by atoms with Gasteiger partial charge >= 0.3 is 0 Å². The Morgan fingerprint density at radius 2 is 2.00 bits per heavy atom. The lowest BCUT2D eigenvalue weighted by atomic mass is 9.80. The van der Waals surface area contributed by atoms with Gasteiger partial charge in [-0.15, -0.1) is 0 Å². The summed E-state index contributed by atoms with van der Waals surface area (Å²) in [6, 6.07) is 8.33. The molecule has 0 bridgehead atoms. The van der Waals surface area contributed by atoms with Gasteiger partial charge in [-0.2, -0.15) is 4.40 Å². The van der Waals surface area contributed by atoms with E-state index in [2.05, 4.69) is 42.2 Å². The topological polar surface area (TPSA) is 96.7 Å². The monoisotopic (exact) mass is 517 g/mol. The molecule has 2 aliphatic rings. The first-order chi connectivity index (χ1) is 16.5. The summed E-state index contributed by atoms with van der Waals surface area (Å²) in [7, 11) is -1.43. The van der Waals surface area contributed by atoms with Crippen LogP contribution < -0.4 is 16.0 Å². The highest BCUT2D eigenvalue weighted by molar-refractivity contribution is 7.83. The second-order valence-electron chi connectivity index (χ2n) is 10.4. The third-order valence-corrected chi connectivity index (χ3v) is 7.90. The fourth-order valence-corrected chi connectivity index (χ4v) is 5.45. The molecule has 190 valence electrons. The van der Waals surface area contributed by atoms with Crippen molar-refractivity contribution in [1.29, 1.82) is 5.41 Å². The highest BCUT2D eigenvalue weighted by atomic mass is 35.5. The van der Waals surface area contributed by atoms with E-state index in [0.717, 1.165) is 55.1 Å². The van der Waals surface area contributed by atoms with Gasteiger partial charge in [0.05, 0.1) is 6.61 Å². The van der Waals surface area contributed by atoms with E-state index in [9.17, 15) is 4.21 Å². The van der Waals surface area contributed by atoms with Gasteiger partial charge in [0.2, 0.25) is 5.96 Å². The van der Waals surface area contributed by atoms with Crippen LogP contribution in [0, 0.1) is 17.7 Å². The number of hydrogen-bond donors (Lipinski definition) is 2. The molecule has 1 aromatic carbocycles. The summed E-state index contributed by atoms with van der Waals surface area (Å²) in [6.45, 7) is 9.24. The van der Waals surface area contributed by atoms with E-state index < -0.39 is 11.0 Å². The van der Waals surface area contributed by atoms with Gasteiger partial charge in [0.1, 0.15) is 22.2 Å². The number of nitrogens with two attached hydrogens (primary N) is 1. The molecule has 0 spiro atoms. The molecule has 1 saturated carbocycles. The van der Waals surface area contributed by atoms with E-state index in [1.54, 1.807) is 6.07 Å². The van der Waals surface area contributed by atoms with Crippen molar-refractivity contribution >= 4 is 28.5 Å². The van der Waals surface area contributed by atoms with Gasteiger partial charge in [-0.3, -0.25) is 14.9 Å². The molecule has 7 nitrogen and oxygen atoms in total. The zero-order valence-corrected chi connectivity index (χ0v) is 22.6. The van der Waals surface area contributed by atoms with Crippen molar-refractivity contribution in [2.45, 2.75) is 58.4 Å². The summed E-state index contributed by atoms with van der Waals surface area (Å²) < 4.78 is 23.2. The van der Waals surface area contributed by atoms with Crippen LogP contribution in [0.5, 0.6) is 5.75 Å². The fourth-order valence-electron chi connectivity index (χ4n) is 4.80. The molecule has 4 rings (SSSR count). The SMILES string of the molecule is Cc1cc(Cl)cc(C(C)N2CCC(C)(COc3cc(=N)n(/C(N)=N/S(C)=O)cc3C3CC3)CC2)c1. The molecule has 9 heteroatoms. The number of nitrogens with zero attached hydrogens (tertiary/aromatic N) is 3. The minimum Gasteiger partial charge on any atom is -0.493 e. The zero-order valence-electron chi connectivity index (χ0n) is 21.0. The summed E-state index contributed by atoms with van der Waals surface area (Å²) in [5, 5.41) is 9.20. The number of aryl methyl sites for hydroxylation is 1. The van der Waals surface area contributed by atoms with Gasteiger partial charge in [-0.1, -0.05) is 24.6 Å². The number of ether oxygens (including phenoxy) is 1. The lowest BCUT2D eigenvalue weighted by Gasteiger charge is -2.42. The molecule has 2 unspecified atom stereocenters. The number of piperidine rings is 1. The van der Waals surface area contributed by atoms with Crippen LogP contribution in [-0.2, 0) is 11.0 Å². The van der Waals surface area contributed by atoms with E-state index in [0.29, 0.717) is 18.6 Å². The van der Waals surface area contributed by atoms with Crippen LogP contribution in [0.25, 0.3) is 0 Å². The maximum absolute atomic E-state index is 11.5. The van der Waals surface area contributed by atoms with Crippen molar-refractivity contribution in [1.82, 2.24) is 9.47 Å². The average Bonchev–Trinajstić information content (AvgIpc) is 3.62. The van der Waals surface area contributed by atoms with Crippen LogP contribution in [-0.4, -0.2) is 45.6 Å². The maximum atomic E-state index is 11.5. The molecule has 1 saturated heterocycles. The molecule has 2 aromatic rings. The van der Waals surface area contributed by atoms with Crippen LogP contribution >= 0.6 is 11.6 Å². The largest absolute Gasteiger partial charge is 0.493 e. The third kappa shape index (κ3) is 6.35. The Balaban J connectivity index is 1.43. The normalized spacial score (nSPS) is 20.4. The van der Waals surface area contributed by atoms with Crippen molar-refractivity contribution in [3.8, 4) is 5.75 Å². The summed E-state index contributed by atoms with van der Waals surface area (Å²) in [5.41, 5.74) is 9.72. The van der Waals surface area contributed by atoms with E-state index in [-0.39, 0.29) is 16.9 Å². The average molecular weight is 518 g/mol. The molecule has 1 aliphatic carbocycles. The molecule has 3 N–H and O–H groups in total. The quantitative estimate of drug-likeness (QED) is 0.417. The Bertz CT molecular complexity index is 1180. The minimum atomic E-state index is -1.43. The smallest absolute Gasteiger partial charge is 0.215 e. The Labute approximate surface area is 215 Å². The second-order valence-corrected chi connectivity index (χ2v) is 11.8. The molecule has 0 radical (unpaired) electrons. The first-order valence-corrected chi connectivity index (χ1v) is 14.1. The highest BCUT2D eigenvalue weighted by Gasteiger charge is 2.34. The predicted molar refractivity (Wildman–Crippen MR) is 142 cm³/mol. The van der Waals surface area contributed by atoms with Crippen LogP contribution in [0.1, 0.15) is 68.2 Å². The van der Waals surface area contributed by atoms with Gasteiger partial charge in [-0.25, -0.2) is 4.21 Å². The molecule has 1 aliphatic heterocycles. The molecular weight excluding hydrogens is 482 g/mol. The number of rotatable bonds is 7. The Hall–Kier alpha value is -2.16. The van der Waals surface area contributed by atoms with E-state index in [1.165, 1.54) is 21.9 Å². The third-order valence-electron chi connectivity index (χ3n) is 7.24. The van der Waals surface area contributed by atoms with Crippen LogP contribution in [0.4, 0.5) is 0 Å². The molecule has 2 atom stereocenters. The van der Waals surface area contributed by atoms with E-state index in [1.807, 2.05) is 12.3 Å². The zero-order chi connectivity index (χ0) is 25.3. The van der Waals surface area contributed by atoms with Crippen molar-refractivity contribution in [3.63, 3.8) is 0 Å². The number of hydrogen-bond acceptors (Lipinski definition) is 4. The standard InChI is InChI=1S/C26H36ClN5O2S/c1-17-11-20(13-21(27)12-17)18(2)31-9-7-26(3,8-10-31)16-34-23-14-24(28)32(25(29)30-35(4)33)15-22(23)19-5-6-19/h11-15,18-19,28H,5-10,16H2,1-4H3,(H2,29,30). The van der Waals surface area contributed by atoms with Gasteiger partial charge in [0.25, 0.3) is 0 Å². The van der Waals surface area contributed by atoms with Crippen molar-refractivity contribution in [3.05, 3.63) is 57.7 Å². The number of halogens is 1. The fraction of sp³-hybridized carbons (Fsp3) is 0.538. The molecule has 0 amide bonds. The second kappa shape index (κ2) is 10.4. The number of likely N-dealkylation sites (tertiary alicyclic amines) is 1. The van der Waals surface area contributed by atoms with Crippen LogP contribution in [0.3, 0.4) is 0 Å². The maximum Gasteiger partial charge on any atom is 0.215 e. The van der Waals surface area contributed by atoms with E-state index >= 15 is 0 Å². The first-order valence-electron chi connectivity index (χ1n) is 12.2. The van der Waals surface area contributed by atoms with Crippen molar-refractivity contribution < 1.29 is 8.95 Å². The molecule has 2 fully saturated rings. The van der Waals surface area contributed by atoms with Crippen LogP contribution in [0.2, 0.25) is 5.02 Å². The van der Waals surface area contributed by atoms with Gasteiger partial charge in [0.15, 0.2) is 0 Å². The van der Waals surface area contributed by atoms with Gasteiger partial charge in [-0.05, 0) is 81.8 Å². The minimum absolute atomic E-state index is 0.0626. The van der Waals surface area contributed by atoms with E-state index in [4.69, 9.17) is 27.5 Å². The summed E-state index contributed by atoms with van der Waals surface area (Å²) >= 11 is 6.30. The van der Waals surface area contributed by atoms with Gasteiger partial charge in [0, 0.05) is 40.6 Å². The summed E-state index contributed by atoms with van der Waals surface area (Å²) in [6.07, 6.45) is 7.56. The predicted octanol–water partition coefficient (Wildman–Crippen LogP) is 4.51. The molecule has 2 heterocycles. The van der Waals surface area contributed by atoms with Crippen molar-refractivity contribution in [2.75, 3.05) is 26.0 Å². The van der Waals surface area contributed by atoms with Gasteiger partial charge < -0.3 is 10.5 Å².